The molecule has 0 radical (unpaired) electrons. The maximum Gasteiger partial charge on any atom is 0.224 e. The maximum atomic E-state index is 12.0. The summed E-state index contributed by atoms with van der Waals surface area (Å²) < 4.78 is 5.97. The van der Waals surface area contributed by atoms with E-state index in [2.05, 4.69) is 17.5 Å². The summed E-state index contributed by atoms with van der Waals surface area (Å²) >= 11 is 0. The summed E-state index contributed by atoms with van der Waals surface area (Å²) in [5, 5.41) is 2.98. The Hall–Kier alpha value is -1.77. The van der Waals surface area contributed by atoms with Crippen LogP contribution in [0.2, 0.25) is 0 Å². The van der Waals surface area contributed by atoms with E-state index in [4.69, 9.17) is 4.74 Å². The highest BCUT2D eigenvalue weighted by atomic mass is 16.5. The number of amides is 1. The maximum absolute atomic E-state index is 12.0. The van der Waals surface area contributed by atoms with Crippen LogP contribution in [-0.2, 0) is 4.79 Å². The first kappa shape index (κ1) is 14.2. The zero-order chi connectivity index (χ0) is 14.5. The summed E-state index contributed by atoms with van der Waals surface area (Å²) in [6.45, 7) is 0. The summed E-state index contributed by atoms with van der Waals surface area (Å²) in [5.74, 6) is 1.35. The number of anilines is 1. The van der Waals surface area contributed by atoms with E-state index in [0.717, 1.165) is 37.1 Å². The van der Waals surface area contributed by atoms with Gasteiger partial charge in [0.25, 0.3) is 0 Å². The van der Waals surface area contributed by atoms with Crippen molar-refractivity contribution >= 4 is 11.6 Å². The summed E-state index contributed by atoms with van der Waals surface area (Å²) in [5.41, 5.74) is 0.831. The lowest BCUT2D eigenvalue weighted by atomic mass is 10.1. The van der Waals surface area contributed by atoms with E-state index in [1.165, 1.54) is 12.8 Å². The van der Waals surface area contributed by atoms with Gasteiger partial charge in [0.15, 0.2) is 0 Å². The minimum Gasteiger partial charge on any atom is -0.490 e. The van der Waals surface area contributed by atoms with Crippen molar-refractivity contribution in [1.29, 1.82) is 0 Å². The van der Waals surface area contributed by atoms with Crippen LogP contribution >= 0.6 is 0 Å². The first-order valence-corrected chi connectivity index (χ1v) is 8.03. The molecular weight excluding hydrogens is 262 g/mol. The second kappa shape index (κ2) is 6.79. The van der Waals surface area contributed by atoms with Gasteiger partial charge in [-0.25, -0.2) is 0 Å². The molecule has 21 heavy (non-hydrogen) atoms. The molecule has 0 aliphatic heterocycles. The molecule has 1 aromatic carbocycles. The molecule has 3 heteroatoms. The van der Waals surface area contributed by atoms with Gasteiger partial charge in [-0.1, -0.05) is 18.2 Å². The third-order valence-corrected chi connectivity index (χ3v) is 4.28. The second-order valence-corrected chi connectivity index (χ2v) is 6.07. The lowest BCUT2D eigenvalue weighted by Crippen LogP contribution is -2.15. The molecule has 0 bridgehead atoms. The van der Waals surface area contributed by atoms with Gasteiger partial charge in [-0.15, -0.1) is 0 Å². The Balaban J connectivity index is 1.54. The van der Waals surface area contributed by atoms with Crippen LogP contribution in [-0.4, -0.2) is 12.0 Å². The molecule has 1 saturated carbocycles. The van der Waals surface area contributed by atoms with Crippen LogP contribution in [0.5, 0.6) is 5.75 Å². The minimum atomic E-state index is 0.0876. The molecule has 1 atom stereocenters. The Kier molecular flexibility index (Phi) is 4.59. The number of hydrogen-bond donors (Lipinski definition) is 1. The highest BCUT2D eigenvalue weighted by molar-refractivity contribution is 5.91. The number of carbonyl (C=O) groups excluding carboxylic acids is 1. The quantitative estimate of drug-likeness (QED) is 0.819. The van der Waals surface area contributed by atoms with Gasteiger partial charge in [0.05, 0.1) is 6.10 Å². The van der Waals surface area contributed by atoms with Crippen molar-refractivity contribution in [3.8, 4) is 5.75 Å². The van der Waals surface area contributed by atoms with Crippen LogP contribution < -0.4 is 10.1 Å². The van der Waals surface area contributed by atoms with Gasteiger partial charge in [-0.2, -0.15) is 0 Å². The van der Waals surface area contributed by atoms with Gasteiger partial charge >= 0.3 is 0 Å². The normalized spacial score (nSPS) is 21.6. The van der Waals surface area contributed by atoms with Gasteiger partial charge in [0, 0.05) is 18.2 Å². The zero-order valence-electron chi connectivity index (χ0n) is 12.4. The van der Waals surface area contributed by atoms with Crippen LogP contribution in [0.25, 0.3) is 0 Å². The number of hydrogen-bond acceptors (Lipinski definition) is 2. The molecule has 0 aromatic heterocycles. The molecule has 112 valence electrons. The van der Waals surface area contributed by atoms with Crippen LogP contribution in [0.4, 0.5) is 5.69 Å². The number of nitrogens with one attached hydrogen (secondary N) is 1. The first-order valence-electron chi connectivity index (χ1n) is 8.03. The minimum absolute atomic E-state index is 0.0876. The molecular formula is C18H23NO2. The molecule has 1 aromatic rings. The Labute approximate surface area is 126 Å². The van der Waals surface area contributed by atoms with Crippen molar-refractivity contribution in [2.24, 2.45) is 5.92 Å². The summed E-state index contributed by atoms with van der Waals surface area (Å²) in [4.78, 5) is 12.0. The molecule has 2 aliphatic carbocycles. The van der Waals surface area contributed by atoms with Gasteiger partial charge in [0.1, 0.15) is 5.75 Å². The standard InChI is InChI=1S/C18H23NO2/c20-18(12-14-6-1-2-7-14)19-15-8-5-11-17(13-15)21-16-9-3-4-10-16/h1,5-6,8,11,13-14,16H,2-4,7,9-10,12H2,(H,19,20)/t14-/m0/s1. The summed E-state index contributed by atoms with van der Waals surface area (Å²) in [7, 11) is 0. The average Bonchev–Trinajstić information content (AvgIpc) is 3.12. The third-order valence-electron chi connectivity index (χ3n) is 4.28. The zero-order valence-corrected chi connectivity index (χ0v) is 12.4. The SMILES string of the molecule is O=C(C[C@H]1C=CCC1)Nc1cccc(OC2CCCC2)c1. The molecule has 1 amide bonds. The molecule has 3 rings (SSSR count). The number of carbonyl (C=O) groups is 1. The third kappa shape index (κ3) is 4.10. The van der Waals surface area contributed by atoms with Crippen molar-refractivity contribution in [3.63, 3.8) is 0 Å². The van der Waals surface area contributed by atoms with Crippen molar-refractivity contribution in [2.75, 3.05) is 5.32 Å². The molecule has 0 heterocycles. The smallest absolute Gasteiger partial charge is 0.224 e. The van der Waals surface area contributed by atoms with Gasteiger partial charge < -0.3 is 10.1 Å². The molecule has 2 aliphatic rings. The summed E-state index contributed by atoms with van der Waals surface area (Å²) in [6, 6.07) is 7.76. The molecule has 0 saturated heterocycles. The van der Waals surface area contributed by atoms with Crippen molar-refractivity contribution in [2.45, 2.75) is 51.0 Å². The Morgan fingerprint density at radius 3 is 2.86 bits per heavy atom. The lowest BCUT2D eigenvalue weighted by Gasteiger charge is -2.14. The molecule has 1 N–H and O–H groups in total. The number of rotatable bonds is 5. The highest BCUT2D eigenvalue weighted by Gasteiger charge is 2.17. The number of allylic oxidation sites excluding steroid dienone is 2. The monoisotopic (exact) mass is 285 g/mol. The molecule has 0 unspecified atom stereocenters. The van der Waals surface area contributed by atoms with Crippen molar-refractivity contribution in [3.05, 3.63) is 36.4 Å². The van der Waals surface area contributed by atoms with Gasteiger partial charge in [0.2, 0.25) is 5.91 Å². The Morgan fingerprint density at radius 2 is 2.10 bits per heavy atom. The number of benzene rings is 1. The second-order valence-electron chi connectivity index (χ2n) is 6.07. The van der Waals surface area contributed by atoms with E-state index in [1.807, 2.05) is 24.3 Å². The van der Waals surface area contributed by atoms with Gasteiger partial charge in [-0.3, -0.25) is 4.79 Å². The van der Waals surface area contributed by atoms with E-state index >= 15 is 0 Å². The van der Waals surface area contributed by atoms with E-state index < -0.39 is 0 Å². The lowest BCUT2D eigenvalue weighted by molar-refractivity contribution is -0.116. The fourth-order valence-corrected chi connectivity index (χ4v) is 3.16. The Bertz CT molecular complexity index is 518. The van der Waals surface area contributed by atoms with E-state index in [0.29, 0.717) is 18.4 Å². The van der Waals surface area contributed by atoms with E-state index in [-0.39, 0.29) is 5.91 Å². The average molecular weight is 285 g/mol. The molecule has 0 spiro atoms. The van der Waals surface area contributed by atoms with Crippen LogP contribution in [0.15, 0.2) is 36.4 Å². The highest BCUT2D eigenvalue weighted by Crippen LogP contribution is 2.26. The largest absolute Gasteiger partial charge is 0.490 e. The fourth-order valence-electron chi connectivity index (χ4n) is 3.16. The fraction of sp³-hybridized carbons (Fsp3) is 0.500. The predicted molar refractivity (Wildman–Crippen MR) is 84.4 cm³/mol. The molecule has 1 fully saturated rings. The predicted octanol–water partition coefficient (Wildman–Crippen LogP) is 4.30. The van der Waals surface area contributed by atoms with Crippen molar-refractivity contribution in [1.82, 2.24) is 0 Å². The van der Waals surface area contributed by atoms with Crippen molar-refractivity contribution < 1.29 is 9.53 Å². The summed E-state index contributed by atoms with van der Waals surface area (Å²) in [6.07, 6.45) is 12.2. The van der Waals surface area contributed by atoms with Crippen LogP contribution in [0.1, 0.15) is 44.9 Å². The van der Waals surface area contributed by atoms with E-state index in [9.17, 15) is 4.79 Å². The number of ether oxygens (including phenoxy) is 1. The van der Waals surface area contributed by atoms with Crippen LogP contribution in [0.3, 0.4) is 0 Å². The Morgan fingerprint density at radius 1 is 1.24 bits per heavy atom. The molecule has 3 nitrogen and oxygen atoms in total. The van der Waals surface area contributed by atoms with Gasteiger partial charge in [-0.05, 0) is 56.6 Å². The van der Waals surface area contributed by atoms with E-state index in [1.54, 1.807) is 0 Å². The van der Waals surface area contributed by atoms with Crippen LogP contribution in [0, 0.1) is 5.92 Å². The topological polar surface area (TPSA) is 38.3 Å². The first-order chi connectivity index (χ1) is 10.3.